The Labute approximate surface area is 257 Å². The second-order valence-corrected chi connectivity index (χ2v) is 11.0. The van der Waals surface area contributed by atoms with E-state index in [1.54, 1.807) is 67.7 Å². The van der Waals surface area contributed by atoms with Gasteiger partial charge in [0.1, 0.15) is 18.1 Å². The number of carbonyl (C=O) groups excluding carboxylic acids is 3. The van der Waals surface area contributed by atoms with Crippen LogP contribution in [0.1, 0.15) is 42.2 Å². The predicted molar refractivity (Wildman–Crippen MR) is 171 cm³/mol. The van der Waals surface area contributed by atoms with Gasteiger partial charge in [0, 0.05) is 61.3 Å². The first-order valence-corrected chi connectivity index (χ1v) is 14.5. The number of anilines is 2. The van der Waals surface area contributed by atoms with Gasteiger partial charge in [-0.25, -0.2) is 0 Å². The molecule has 0 spiro atoms. The number of likely N-dealkylation sites (N-methyl/N-ethyl adjacent to an activating group) is 1. The van der Waals surface area contributed by atoms with Crippen LogP contribution in [0.2, 0.25) is 0 Å². The summed E-state index contributed by atoms with van der Waals surface area (Å²) in [5.41, 5.74) is 4.32. The number of phenols is 1. The van der Waals surface area contributed by atoms with E-state index >= 15 is 0 Å². The van der Waals surface area contributed by atoms with E-state index in [-0.39, 0.29) is 29.7 Å². The van der Waals surface area contributed by atoms with Crippen LogP contribution in [0.4, 0.5) is 11.4 Å². The Morgan fingerprint density at radius 2 is 1.55 bits per heavy atom. The van der Waals surface area contributed by atoms with Crippen molar-refractivity contribution < 1.29 is 24.2 Å². The number of aromatic hydroxyl groups is 1. The number of carbonyl (C=O) groups is 3. The Balaban J connectivity index is 1.19. The second-order valence-electron chi connectivity index (χ2n) is 11.0. The molecule has 0 unspecified atom stereocenters. The molecule has 0 aromatic heterocycles. The SMILES string of the molecule is Cc1ccc(COc2ccc(N(C)C(=O)c3ccc(NC(=O)c4ccccc4O)cc3)cc2)c(C(=O)N2CCN(C)CC2)c1. The molecule has 5 rings (SSSR count). The molecule has 0 radical (unpaired) electrons. The summed E-state index contributed by atoms with van der Waals surface area (Å²) in [6.45, 7) is 5.35. The fourth-order valence-corrected chi connectivity index (χ4v) is 4.99. The lowest BCUT2D eigenvalue weighted by molar-refractivity contribution is 0.0661. The van der Waals surface area contributed by atoms with Gasteiger partial charge in [-0.3, -0.25) is 14.4 Å². The number of ether oxygens (including phenoxy) is 1. The lowest BCUT2D eigenvalue weighted by Gasteiger charge is -2.33. The summed E-state index contributed by atoms with van der Waals surface area (Å²) in [4.78, 5) is 44.6. The number of hydrogen-bond acceptors (Lipinski definition) is 6. The molecule has 0 atom stereocenters. The number of nitrogens with zero attached hydrogens (tertiary/aromatic N) is 3. The molecule has 1 saturated heterocycles. The number of hydrogen-bond donors (Lipinski definition) is 2. The van der Waals surface area contributed by atoms with Gasteiger partial charge in [0.25, 0.3) is 17.7 Å². The summed E-state index contributed by atoms with van der Waals surface area (Å²) in [7, 11) is 3.75. The molecule has 9 nitrogen and oxygen atoms in total. The van der Waals surface area contributed by atoms with Gasteiger partial charge >= 0.3 is 0 Å². The average Bonchev–Trinajstić information content (AvgIpc) is 3.04. The molecule has 1 fully saturated rings. The number of amides is 3. The molecule has 0 saturated carbocycles. The third-order valence-corrected chi connectivity index (χ3v) is 7.75. The summed E-state index contributed by atoms with van der Waals surface area (Å²) >= 11 is 0. The smallest absolute Gasteiger partial charge is 0.259 e. The zero-order valence-corrected chi connectivity index (χ0v) is 25.1. The normalized spacial score (nSPS) is 13.3. The van der Waals surface area contributed by atoms with Gasteiger partial charge in [0.15, 0.2) is 0 Å². The monoisotopic (exact) mass is 592 g/mol. The first-order valence-electron chi connectivity index (χ1n) is 14.5. The number of para-hydroxylation sites is 1. The molecule has 2 N–H and O–H groups in total. The number of nitrogens with one attached hydrogen (secondary N) is 1. The van der Waals surface area contributed by atoms with Gasteiger partial charge in [-0.2, -0.15) is 0 Å². The van der Waals surface area contributed by atoms with Gasteiger partial charge in [0.05, 0.1) is 5.56 Å². The van der Waals surface area contributed by atoms with Gasteiger partial charge in [0.2, 0.25) is 0 Å². The molecule has 0 aliphatic carbocycles. The molecule has 1 heterocycles. The molecule has 9 heteroatoms. The van der Waals surface area contributed by atoms with Crippen LogP contribution in [-0.4, -0.2) is 72.9 Å². The standard InChI is InChI=1S/C35H36N4O5/c1-24-8-9-26(31(22-24)35(43)39-20-18-37(2)19-21-39)23-44-29-16-14-28(15-17-29)38(3)34(42)25-10-12-27(13-11-25)36-33(41)30-6-4-5-7-32(30)40/h4-17,22,40H,18-21,23H2,1-3H3,(H,36,41). The Morgan fingerprint density at radius 3 is 2.23 bits per heavy atom. The van der Waals surface area contributed by atoms with Crippen molar-refractivity contribution in [2.45, 2.75) is 13.5 Å². The highest BCUT2D eigenvalue weighted by molar-refractivity contribution is 6.08. The second kappa shape index (κ2) is 13.4. The van der Waals surface area contributed by atoms with Crippen molar-refractivity contribution in [2.75, 3.05) is 50.5 Å². The van der Waals surface area contributed by atoms with Crippen molar-refractivity contribution in [1.82, 2.24) is 9.80 Å². The maximum absolute atomic E-state index is 13.3. The minimum absolute atomic E-state index is 0.0294. The zero-order valence-electron chi connectivity index (χ0n) is 25.1. The first kappa shape index (κ1) is 30.3. The third kappa shape index (κ3) is 7.07. The molecular weight excluding hydrogens is 556 g/mol. The molecule has 0 bridgehead atoms. The number of aryl methyl sites for hydroxylation is 1. The van der Waals surface area contributed by atoms with E-state index in [9.17, 15) is 19.5 Å². The predicted octanol–water partition coefficient (Wildman–Crippen LogP) is 5.20. The van der Waals surface area contributed by atoms with Crippen molar-refractivity contribution in [3.8, 4) is 11.5 Å². The van der Waals surface area contributed by atoms with Gasteiger partial charge in [-0.1, -0.05) is 29.8 Å². The van der Waals surface area contributed by atoms with Crippen LogP contribution in [0.3, 0.4) is 0 Å². The highest BCUT2D eigenvalue weighted by atomic mass is 16.5. The minimum atomic E-state index is -0.443. The topological polar surface area (TPSA) is 102 Å². The van der Waals surface area contributed by atoms with E-state index in [4.69, 9.17) is 4.74 Å². The summed E-state index contributed by atoms with van der Waals surface area (Å²) in [5, 5.41) is 12.6. The largest absolute Gasteiger partial charge is 0.507 e. The Hall–Kier alpha value is -5.15. The van der Waals surface area contributed by atoms with Crippen LogP contribution in [0.5, 0.6) is 11.5 Å². The van der Waals surface area contributed by atoms with E-state index in [0.29, 0.717) is 41.3 Å². The number of phenolic OH excluding ortho intramolecular Hbond substituents is 1. The van der Waals surface area contributed by atoms with E-state index in [1.807, 2.05) is 30.0 Å². The van der Waals surface area contributed by atoms with E-state index in [1.165, 1.54) is 17.0 Å². The number of piperazine rings is 1. The van der Waals surface area contributed by atoms with E-state index in [0.717, 1.165) is 24.2 Å². The molecule has 4 aromatic carbocycles. The van der Waals surface area contributed by atoms with Crippen molar-refractivity contribution in [3.63, 3.8) is 0 Å². The Kier molecular flexibility index (Phi) is 9.26. The highest BCUT2D eigenvalue weighted by Crippen LogP contribution is 2.24. The zero-order chi connectivity index (χ0) is 31.2. The van der Waals surface area contributed by atoms with Crippen molar-refractivity contribution >= 4 is 29.1 Å². The van der Waals surface area contributed by atoms with Crippen molar-refractivity contribution in [1.29, 1.82) is 0 Å². The first-order chi connectivity index (χ1) is 21.2. The van der Waals surface area contributed by atoms with Crippen molar-refractivity contribution in [2.24, 2.45) is 0 Å². The van der Waals surface area contributed by atoms with Gasteiger partial charge in [-0.05, 0) is 80.7 Å². The fourth-order valence-electron chi connectivity index (χ4n) is 4.99. The maximum Gasteiger partial charge on any atom is 0.259 e. The van der Waals surface area contributed by atoms with Gasteiger partial charge in [-0.15, -0.1) is 0 Å². The van der Waals surface area contributed by atoms with Crippen LogP contribution >= 0.6 is 0 Å². The summed E-state index contributed by atoms with van der Waals surface area (Å²) in [6, 6.07) is 25.9. The quantitative estimate of drug-likeness (QED) is 0.292. The maximum atomic E-state index is 13.3. The van der Waals surface area contributed by atoms with Crippen LogP contribution in [0.15, 0.2) is 91.0 Å². The molecule has 3 amide bonds. The lowest BCUT2D eigenvalue weighted by atomic mass is 10.0. The molecule has 226 valence electrons. The Morgan fingerprint density at radius 1 is 0.864 bits per heavy atom. The summed E-state index contributed by atoms with van der Waals surface area (Å²) < 4.78 is 6.06. The molecule has 1 aliphatic heterocycles. The molecule has 44 heavy (non-hydrogen) atoms. The Bertz CT molecular complexity index is 1640. The summed E-state index contributed by atoms with van der Waals surface area (Å²) in [6.07, 6.45) is 0. The lowest BCUT2D eigenvalue weighted by Crippen LogP contribution is -2.47. The van der Waals surface area contributed by atoms with E-state index in [2.05, 4.69) is 17.3 Å². The van der Waals surface area contributed by atoms with Crippen LogP contribution < -0.4 is 15.0 Å². The van der Waals surface area contributed by atoms with Crippen molar-refractivity contribution in [3.05, 3.63) is 119 Å². The number of benzene rings is 4. The third-order valence-electron chi connectivity index (χ3n) is 7.75. The minimum Gasteiger partial charge on any atom is -0.507 e. The van der Waals surface area contributed by atoms with Crippen LogP contribution in [0.25, 0.3) is 0 Å². The van der Waals surface area contributed by atoms with Gasteiger partial charge < -0.3 is 29.9 Å². The van der Waals surface area contributed by atoms with E-state index < -0.39 is 5.91 Å². The molecule has 4 aromatic rings. The highest BCUT2D eigenvalue weighted by Gasteiger charge is 2.23. The average molecular weight is 593 g/mol. The molecular formula is C35H36N4O5. The number of rotatable bonds is 8. The van der Waals surface area contributed by atoms with Crippen LogP contribution in [-0.2, 0) is 6.61 Å². The van der Waals surface area contributed by atoms with Crippen LogP contribution in [0, 0.1) is 6.92 Å². The molecule has 1 aliphatic rings. The summed E-state index contributed by atoms with van der Waals surface area (Å²) in [5.74, 6) is -0.114. The fraction of sp³-hybridized carbons (Fsp3) is 0.229.